The molecule has 2 aliphatic heterocycles. The lowest BCUT2D eigenvalue weighted by Crippen LogP contribution is -2.52. The maximum absolute atomic E-state index is 13.3. The summed E-state index contributed by atoms with van der Waals surface area (Å²) in [5.74, 6) is 0.637. The van der Waals surface area contributed by atoms with Gasteiger partial charge in [-0.25, -0.2) is 4.99 Å². The van der Waals surface area contributed by atoms with Gasteiger partial charge < -0.3 is 20.1 Å². The van der Waals surface area contributed by atoms with Crippen LogP contribution in [0, 0.1) is 0 Å². The number of aromatic amines is 1. The van der Waals surface area contributed by atoms with Gasteiger partial charge in [0, 0.05) is 88.2 Å². The number of amides is 1. The number of aliphatic imine (C=N–C) groups is 1. The van der Waals surface area contributed by atoms with E-state index in [4.69, 9.17) is 4.99 Å². The van der Waals surface area contributed by atoms with Crippen LogP contribution in [-0.2, 0) is 0 Å². The molecule has 214 valence electrons. The number of rotatable bonds is 9. The molecule has 0 saturated carbocycles. The second-order valence-corrected chi connectivity index (χ2v) is 10.6. The lowest BCUT2D eigenvalue weighted by Gasteiger charge is -2.37. The van der Waals surface area contributed by atoms with Crippen LogP contribution in [0.1, 0.15) is 16.2 Å². The van der Waals surface area contributed by atoms with Crippen LogP contribution in [0.3, 0.4) is 0 Å². The lowest BCUT2D eigenvalue weighted by molar-refractivity contribution is 0.0605. The van der Waals surface area contributed by atoms with Gasteiger partial charge in [-0.2, -0.15) is 0 Å². The quantitative estimate of drug-likeness (QED) is 0.239. The molecule has 9 heteroatoms. The Kier molecular flexibility index (Phi) is 9.40. The Balaban J connectivity index is 1.19. The van der Waals surface area contributed by atoms with Crippen LogP contribution < -0.4 is 5.32 Å². The number of allylic oxidation sites excluding steroid dienone is 2. The standard InChI is InChI=1S/C32H40N8O/c1-4-8-29(28-9-6-7-12-33-28)36-31(5-2)34-26-10-11-27-25(23-26)24-30(35-27)32(41)40-21-19-39(20-22-40)18-17-38-15-13-37(3)14-16-38/h4-12,23-24,35H,1-2,13-22H2,3H3,(H,34,36). The molecule has 2 aromatic heterocycles. The van der Waals surface area contributed by atoms with E-state index in [1.54, 1.807) is 18.3 Å². The number of piperazine rings is 2. The van der Waals surface area contributed by atoms with Crippen molar-refractivity contribution < 1.29 is 4.79 Å². The number of carbonyl (C=O) groups excluding carboxylic acids is 1. The largest absolute Gasteiger partial charge is 0.351 e. The third kappa shape index (κ3) is 7.38. The van der Waals surface area contributed by atoms with Gasteiger partial charge in [0.2, 0.25) is 0 Å². The summed E-state index contributed by atoms with van der Waals surface area (Å²) in [4.78, 5) is 35.1. The summed E-state index contributed by atoms with van der Waals surface area (Å²) >= 11 is 0. The summed E-state index contributed by atoms with van der Waals surface area (Å²) in [6, 6.07) is 13.6. The van der Waals surface area contributed by atoms with E-state index in [9.17, 15) is 4.79 Å². The lowest BCUT2D eigenvalue weighted by atomic mass is 10.2. The fraction of sp³-hybridized carbons (Fsp3) is 0.344. The molecule has 0 bridgehead atoms. The number of amidine groups is 1. The summed E-state index contributed by atoms with van der Waals surface area (Å²) in [7, 11) is 2.19. The fourth-order valence-corrected chi connectivity index (χ4v) is 5.23. The smallest absolute Gasteiger partial charge is 0.270 e. The van der Waals surface area contributed by atoms with Gasteiger partial charge in [0.1, 0.15) is 11.5 Å². The summed E-state index contributed by atoms with van der Waals surface area (Å²) in [5.41, 5.74) is 3.81. The molecule has 41 heavy (non-hydrogen) atoms. The van der Waals surface area contributed by atoms with Crippen LogP contribution in [0.5, 0.6) is 0 Å². The van der Waals surface area contributed by atoms with Crippen LogP contribution in [0.25, 0.3) is 16.6 Å². The number of fused-ring (bicyclic) bond motifs is 1. The second-order valence-electron chi connectivity index (χ2n) is 10.6. The Labute approximate surface area is 242 Å². The number of hydrogen-bond acceptors (Lipinski definition) is 6. The highest BCUT2D eigenvalue weighted by Gasteiger charge is 2.24. The first kappa shape index (κ1) is 28.5. The van der Waals surface area contributed by atoms with Crippen molar-refractivity contribution in [2.75, 3.05) is 77.8 Å². The van der Waals surface area contributed by atoms with E-state index in [0.29, 0.717) is 17.2 Å². The van der Waals surface area contributed by atoms with Crippen molar-refractivity contribution in [3.05, 3.63) is 91.4 Å². The minimum Gasteiger partial charge on any atom is -0.351 e. The van der Waals surface area contributed by atoms with Gasteiger partial charge in [0.05, 0.1) is 11.4 Å². The number of nitrogens with zero attached hydrogens (tertiary/aromatic N) is 6. The molecule has 2 fully saturated rings. The molecule has 0 radical (unpaired) electrons. The predicted octanol–water partition coefficient (Wildman–Crippen LogP) is 3.79. The third-order valence-electron chi connectivity index (χ3n) is 7.75. The van der Waals surface area contributed by atoms with Crippen molar-refractivity contribution in [1.82, 2.24) is 29.6 Å². The highest BCUT2D eigenvalue weighted by molar-refractivity contribution is 6.07. The fourth-order valence-electron chi connectivity index (χ4n) is 5.23. The molecule has 4 heterocycles. The highest BCUT2D eigenvalue weighted by atomic mass is 16.2. The Morgan fingerprint density at radius 1 is 1.00 bits per heavy atom. The monoisotopic (exact) mass is 552 g/mol. The molecule has 2 N–H and O–H groups in total. The zero-order chi connectivity index (χ0) is 28.6. The Morgan fingerprint density at radius 3 is 2.39 bits per heavy atom. The van der Waals surface area contributed by atoms with Gasteiger partial charge in [-0.15, -0.1) is 0 Å². The normalized spacial score (nSPS) is 18.0. The van der Waals surface area contributed by atoms with Gasteiger partial charge in [-0.3, -0.25) is 19.6 Å². The number of anilines is 1. The average molecular weight is 553 g/mol. The number of hydrogen-bond donors (Lipinski definition) is 2. The number of H-pyrrole nitrogens is 1. The predicted molar refractivity (Wildman–Crippen MR) is 168 cm³/mol. The molecular formula is C32H40N8O. The van der Waals surface area contributed by atoms with Crippen molar-refractivity contribution in [3.8, 4) is 0 Å². The molecule has 0 atom stereocenters. The number of carbonyl (C=O) groups is 1. The molecule has 0 spiro atoms. The molecule has 2 saturated heterocycles. The molecule has 5 rings (SSSR count). The van der Waals surface area contributed by atoms with E-state index in [2.05, 4.69) is 50.2 Å². The molecule has 1 amide bonds. The first-order chi connectivity index (χ1) is 20.0. The SMILES string of the molecule is C=CC=C(N=C(C=C)Nc1ccc2[nH]c(C(=O)N3CCN(CCN4CCN(C)CC4)CC3)cc2c1)c1ccccn1. The Morgan fingerprint density at radius 2 is 1.73 bits per heavy atom. The Hall–Kier alpha value is -4.05. The zero-order valence-corrected chi connectivity index (χ0v) is 23.9. The van der Waals surface area contributed by atoms with E-state index in [-0.39, 0.29) is 5.91 Å². The van der Waals surface area contributed by atoms with Crippen molar-refractivity contribution in [2.24, 2.45) is 4.99 Å². The summed E-state index contributed by atoms with van der Waals surface area (Å²) in [6.07, 6.45) is 6.90. The highest BCUT2D eigenvalue weighted by Crippen LogP contribution is 2.22. The van der Waals surface area contributed by atoms with Crippen molar-refractivity contribution in [2.45, 2.75) is 0 Å². The topological polar surface area (TPSA) is 83.1 Å². The second kappa shape index (κ2) is 13.5. The summed E-state index contributed by atoms with van der Waals surface area (Å²) < 4.78 is 0. The van der Waals surface area contributed by atoms with E-state index in [0.717, 1.165) is 87.7 Å². The van der Waals surface area contributed by atoms with Gasteiger partial charge >= 0.3 is 0 Å². The number of pyridine rings is 1. The van der Waals surface area contributed by atoms with E-state index < -0.39 is 0 Å². The van der Waals surface area contributed by atoms with E-state index in [1.165, 1.54) is 0 Å². The van der Waals surface area contributed by atoms with Crippen LogP contribution in [0.2, 0.25) is 0 Å². The van der Waals surface area contributed by atoms with Crippen LogP contribution in [-0.4, -0.2) is 114 Å². The molecular weight excluding hydrogens is 512 g/mol. The van der Waals surface area contributed by atoms with Gasteiger partial charge in [-0.1, -0.05) is 25.3 Å². The van der Waals surface area contributed by atoms with E-state index in [1.807, 2.05) is 53.4 Å². The van der Waals surface area contributed by atoms with Crippen molar-refractivity contribution in [1.29, 1.82) is 0 Å². The first-order valence-electron chi connectivity index (χ1n) is 14.3. The molecule has 2 aliphatic rings. The molecule has 1 aromatic carbocycles. The van der Waals surface area contributed by atoms with Crippen molar-refractivity contribution in [3.63, 3.8) is 0 Å². The van der Waals surface area contributed by atoms with Crippen LogP contribution >= 0.6 is 0 Å². The van der Waals surface area contributed by atoms with Crippen LogP contribution in [0.15, 0.2) is 85.0 Å². The number of nitrogens with one attached hydrogen (secondary N) is 2. The maximum Gasteiger partial charge on any atom is 0.270 e. The van der Waals surface area contributed by atoms with Crippen LogP contribution in [0.4, 0.5) is 5.69 Å². The Bertz CT molecular complexity index is 1410. The van der Waals surface area contributed by atoms with Crippen molar-refractivity contribution >= 4 is 34.0 Å². The van der Waals surface area contributed by atoms with E-state index >= 15 is 0 Å². The number of likely N-dealkylation sites (N-methyl/N-ethyl adjacent to an activating group) is 1. The summed E-state index contributed by atoms with van der Waals surface area (Å²) in [6.45, 7) is 17.8. The average Bonchev–Trinajstić information content (AvgIpc) is 3.44. The summed E-state index contributed by atoms with van der Waals surface area (Å²) in [5, 5.41) is 4.29. The number of benzene rings is 1. The minimum atomic E-state index is 0.0531. The van der Waals surface area contributed by atoms with Gasteiger partial charge in [-0.05, 0) is 55.6 Å². The maximum atomic E-state index is 13.3. The minimum absolute atomic E-state index is 0.0531. The zero-order valence-electron chi connectivity index (χ0n) is 23.9. The molecule has 0 aliphatic carbocycles. The number of aromatic nitrogens is 2. The van der Waals surface area contributed by atoms with Gasteiger partial charge in [0.15, 0.2) is 0 Å². The third-order valence-corrected chi connectivity index (χ3v) is 7.75. The molecule has 3 aromatic rings. The first-order valence-corrected chi connectivity index (χ1v) is 14.3. The molecule has 0 unspecified atom stereocenters. The van der Waals surface area contributed by atoms with Gasteiger partial charge in [0.25, 0.3) is 5.91 Å². The molecule has 9 nitrogen and oxygen atoms in total.